The zero-order valence-electron chi connectivity index (χ0n) is 10.8. The average Bonchev–Trinajstić information content (AvgIpc) is 2.89. The van der Waals surface area contributed by atoms with Crippen molar-refractivity contribution in [3.8, 4) is 0 Å². The molecule has 0 spiro atoms. The molecule has 0 bridgehead atoms. The molecule has 1 aliphatic carbocycles. The van der Waals surface area contributed by atoms with Gasteiger partial charge in [-0.3, -0.25) is 9.59 Å². The third-order valence-corrected chi connectivity index (χ3v) is 4.54. The Morgan fingerprint density at radius 3 is 2.17 bits per heavy atom. The fourth-order valence-corrected chi connectivity index (χ4v) is 2.82. The lowest BCUT2D eigenvalue weighted by Gasteiger charge is -2.12. The van der Waals surface area contributed by atoms with Crippen molar-refractivity contribution in [2.75, 3.05) is 0 Å². The summed E-state index contributed by atoms with van der Waals surface area (Å²) in [6, 6.07) is 2.95. The Bertz CT molecular complexity index is 969. The van der Waals surface area contributed by atoms with E-state index in [0.29, 0.717) is 6.07 Å². The molecule has 0 saturated heterocycles. The molecule has 23 heavy (non-hydrogen) atoms. The Balaban J connectivity index is 2.23. The lowest BCUT2D eigenvalue weighted by Crippen LogP contribution is -2.22. The van der Waals surface area contributed by atoms with E-state index in [-0.39, 0.29) is 5.56 Å². The van der Waals surface area contributed by atoms with E-state index in [9.17, 15) is 35.6 Å². The minimum Gasteiger partial charge on any atom is -0.440 e. The van der Waals surface area contributed by atoms with Crippen molar-refractivity contribution in [3.63, 3.8) is 0 Å². The Morgan fingerprint density at radius 2 is 1.57 bits per heavy atom. The average molecular weight is 348 g/mol. The highest BCUT2D eigenvalue weighted by Crippen LogP contribution is 2.36. The first kappa shape index (κ1) is 15.4. The predicted octanol–water partition coefficient (Wildman–Crippen LogP) is 2.49. The van der Waals surface area contributed by atoms with Gasteiger partial charge in [0.15, 0.2) is 11.5 Å². The maximum absolute atomic E-state index is 13.2. The van der Waals surface area contributed by atoms with Crippen molar-refractivity contribution in [1.29, 1.82) is 0 Å². The van der Waals surface area contributed by atoms with Gasteiger partial charge in [-0.2, -0.15) is 13.2 Å². The van der Waals surface area contributed by atoms with Crippen LogP contribution < -0.4 is 0 Å². The third kappa shape index (κ3) is 2.09. The van der Waals surface area contributed by atoms with E-state index in [1.807, 2.05) is 0 Å². The lowest BCUT2D eigenvalue weighted by molar-refractivity contribution is -0.0447. The predicted molar refractivity (Wildman–Crippen MR) is 65.2 cm³/mol. The van der Waals surface area contributed by atoms with Gasteiger partial charge in [0, 0.05) is 17.2 Å². The fourth-order valence-electron chi connectivity index (χ4n) is 2.12. The summed E-state index contributed by atoms with van der Waals surface area (Å²) in [5.41, 5.74) is -6.93. The Hall–Kier alpha value is -2.49. The second-order valence-corrected chi connectivity index (χ2v) is 6.48. The van der Waals surface area contributed by atoms with Crippen LogP contribution >= 0.6 is 0 Å². The summed E-state index contributed by atoms with van der Waals surface area (Å²) in [7, 11) is -5.86. The number of fused-ring (bicyclic) bond motifs is 2. The Morgan fingerprint density at radius 1 is 0.913 bits per heavy atom. The Kier molecular flexibility index (Phi) is 3.02. The van der Waals surface area contributed by atoms with Gasteiger partial charge in [0.2, 0.25) is 10.9 Å². The quantitative estimate of drug-likeness (QED) is 0.631. The minimum absolute atomic E-state index is 0.249. The van der Waals surface area contributed by atoms with Gasteiger partial charge in [0.25, 0.3) is 0 Å². The summed E-state index contributed by atoms with van der Waals surface area (Å²) in [5, 5.41) is -1.56. The van der Waals surface area contributed by atoms with E-state index in [1.54, 1.807) is 0 Å². The number of carbonyl (C=O) groups excluding carboxylic acids is 2. The van der Waals surface area contributed by atoms with Crippen molar-refractivity contribution in [1.82, 2.24) is 0 Å². The topological polar surface area (TPSA) is 81.4 Å². The molecule has 1 heterocycles. The molecule has 0 amide bonds. The van der Waals surface area contributed by atoms with E-state index >= 15 is 0 Å². The van der Waals surface area contributed by atoms with Crippen molar-refractivity contribution >= 4 is 21.4 Å². The van der Waals surface area contributed by atoms with Crippen LogP contribution in [0, 0.1) is 5.82 Å². The molecule has 0 atom stereocenters. The highest BCUT2D eigenvalue weighted by Gasteiger charge is 2.50. The number of rotatable bonds is 1. The normalized spacial score (nSPS) is 14.6. The van der Waals surface area contributed by atoms with Crippen LogP contribution in [0.5, 0.6) is 0 Å². The minimum atomic E-state index is -5.86. The van der Waals surface area contributed by atoms with Crippen LogP contribution in [0.1, 0.15) is 32.0 Å². The molecule has 0 N–H and O–H groups in total. The van der Waals surface area contributed by atoms with Crippen LogP contribution in [0.25, 0.3) is 0 Å². The molecule has 3 rings (SSSR count). The summed E-state index contributed by atoms with van der Waals surface area (Å²) in [4.78, 5) is 24.3. The van der Waals surface area contributed by atoms with Crippen molar-refractivity contribution in [3.05, 3.63) is 52.5 Å². The number of hydrogen-bond donors (Lipinski definition) is 0. The van der Waals surface area contributed by atoms with E-state index in [4.69, 9.17) is 0 Å². The van der Waals surface area contributed by atoms with Crippen LogP contribution in [0.15, 0.2) is 33.8 Å². The number of alkyl halides is 3. The van der Waals surface area contributed by atoms with Crippen molar-refractivity contribution in [2.24, 2.45) is 0 Å². The molecule has 1 aromatic carbocycles. The molecule has 10 heteroatoms. The number of furan rings is 1. The van der Waals surface area contributed by atoms with Gasteiger partial charge in [-0.05, 0) is 18.2 Å². The number of hydrogen-bond acceptors (Lipinski definition) is 5. The van der Waals surface area contributed by atoms with E-state index in [2.05, 4.69) is 4.42 Å². The van der Waals surface area contributed by atoms with Gasteiger partial charge >= 0.3 is 15.3 Å². The smallest absolute Gasteiger partial charge is 0.440 e. The summed E-state index contributed by atoms with van der Waals surface area (Å²) in [5.74, 6) is -3.71. The van der Waals surface area contributed by atoms with E-state index in [1.165, 1.54) is 0 Å². The zero-order valence-corrected chi connectivity index (χ0v) is 11.6. The van der Waals surface area contributed by atoms with Gasteiger partial charge in [-0.15, -0.1) is 0 Å². The van der Waals surface area contributed by atoms with Crippen LogP contribution in [0.3, 0.4) is 0 Å². The molecule has 2 aromatic rings. The molecule has 0 fully saturated rings. The number of carbonyl (C=O) groups is 2. The van der Waals surface area contributed by atoms with Crippen LogP contribution in [0.4, 0.5) is 17.6 Å². The first-order valence-electron chi connectivity index (χ1n) is 5.88. The molecule has 1 aliphatic rings. The standard InChI is InChI=1S/C13H4F4O5S/c14-5-1-2-6-7(3-5)11(19)12-8(10(6)18)4-9(22-12)23(20,21)13(15,16)17/h1-4H. The summed E-state index contributed by atoms with van der Waals surface area (Å²) < 4.78 is 77.9. The van der Waals surface area contributed by atoms with Crippen molar-refractivity contribution < 1.29 is 40.0 Å². The number of sulfone groups is 1. The molecular formula is C13H4F4O5S. The second kappa shape index (κ2) is 4.51. The maximum atomic E-state index is 13.2. The van der Waals surface area contributed by atoms with Crippen LogP contribution in [-0.2, 0) is 9.84 Å². The van der Waals surface area contributed by atoms with Gasteiger partial charge in [-0.25, -0.2) is 12.8 Å². The second-order valence-electron chi connectivity index (χ2n) is 4.61. The molecule has 0 saturated carbocycles. The molecule has 120 valence electrons. The van der Waals surface area contributed by atoms with Gasteiger partial charge in [0.1, 0.15) is 5.82 Å². The molecule has 0 aliphatic heterocycles. The molecule has 0 radical (unpaired) electrons. The molecule has 5 nitrogen and oxygen atoms in total. The van der Waals surface area contributed by atoms with Crippen LogP contribution in [-0.4, -0.2) is 25.5 Å². The Labute approximate surface area is 125 Å². The van der Waals surface area contributed by atoms with E-state index < -0.39 is 54.7 Å². The monoisotopic (exact) mass is 348 g/mol. The van der Waals surface area contributed by atoms with Gasteiger partial charge in [-0.1, -0.05) is 0 Å². The van der Waals surface area contributed by atoms with Crippen molar-refractivity contribution in [2.45, 2.75) is 10.6 Å². The summed E-state index contributed by atoms with van der Waals surface area (Å²) >= 11 is 0. The SMILES string of the molecule is O=C1c2ccc(F)cc2C(=O)c2oc(S(=O)(=O)C(F)(F)F)cc21. The van der Waals surface area contributed by atoms with Gasteiger partial charge < -0.3 is 4.42 Å². The molecule has 1 aromatic heterocycles. The third-order valence-electron chi connectivity index (χ3n) is 3.20. The summed E-state index contributed by atoms with van der Waals surface area (Å²) in [6.45, 7) is 0. The largest absolute Gasteiger partial charge is 0.504 e. The lowest BCUT2D eigenvalue weighted by atomic mass is 9.88. The molecular weight excluding hydrogens is 344 g/mol. The fraction of sp³-hybridized carbons (Fsp3) is 0.0769. The van der Waals surface area contributed by atoms with Crippen LogP contribution in [0.2, 0.25) is 0 Å². The summed E-state index contributed by atoms with van der Waals surface area (Å²) in [6.07, 6.45) is 0. The highest BCUT2D eigenvalue weighted by atomic mass is 32.2. The number of benzene rings is 1. The number of ketones is 2. The first-order chi connectivity index (χ1) is 10.5. The van der Waals surface area contributed by atoms with Gasteiger partial charge in [0.05, 0.1) is 5.56 Å². The molecule has 0 unspecified atom stereocenters. The van der Waals surface area contributed by atoms with E-state index in [0.717, 1.165) is 18.2 Å². The zero-order chi connectivity index (χ0) is 17.2. The highest BCUT2D eigenvalue weighted by molar-refractivity contribution is 7.92. The maximum Gasteiger partial charge on any atom is 0.504 e. The number of halogens is 4. The first-order valence-corrected chi connectivity index (χ1v) is 7.36.